The number of hydrogen-bond donors (Lipinski definition) is 7. The summed E-state index contributed by atoms with van der Waals surface area (Å²) in [5.74, 6) is 0.951. The first-order valence-electron chi connectivity index (χ1n) is 33.0. The monoisotopic (exact) mass is 1940 g/mol. The van der Waals surface area contributed by atoms with E-state index in [0.29, 0.717) is 52.4 Å². The molecule has 6 aromatic rings. The van der Waals surface area contributed by atoms with Crippen LogP contribution in [0, 0.1) is 65.3 Å². The Labute approximate surface area is 805 Å². The normalized spacial score (nSPS) is 10.2. The Hall–Kier alpha value is -7.68. The summed E-state index contributed by atoms with van der Waals surface area (Å²) >= 11 is 16.8. The molecule has 0 saturated carbocycles. The van der Waals surface area contributed by atoms with Crippen LogP contribution in [-0.4, -0.2) is 208 Å². The van der Waals surface area contributed by atoms with Crippen molar-refractivity contribution in [1.82, 2.24) is 56.5 Å². The third kappa shape index (κ3) is 67.0. The number of nitrogens with zero attached hydrogens (tertiary/aromatic N) is 11. The molecular formula is C64H88BrClK2N18O28S6. The number of sulfone groups is 2. The number of halogens is 2. The number of nitrogens with two attached hydrogens (primary N) is 1. The fourth-order valence-corrected chi connectivity index (χ4v) is 10.8. The van der Waals surface area contributed by atoms with E-state index in [1.807, 2.05) is 20.8 Å². The van der Waals surface area contributed by atoms with Gasteiger partial charge in [0.05, 0.1) is 62.3 Å². The van der Waals surface area contributed by atoms with Gasteiger partial charge in [0, 0.05) is 119 Å². The first-order valence-corrected chi connectivity index (χ1v) is 41.2. The maximum atomic E-state index is 12.0. The van der Waals surface area contributed by atoms with Crippen molar-refractivity contribution in [1.29, 1.82) is 0 Å². The average molecular weight is 1940 g/mol. The summed E-state index contributed by atoms with van der Waals surface area (Å²) in [5, 5.41) is 84.9. The summed E-state index contributed by atoms with van der Waals surface area (Å²) in [7, 11) is -7.39. The minimum absolute atomic E-state index is 0. The van der Waals surface area contributed by atoms with Crippen molar-refractivity contribution in [3.8, 4) is 0 Å². The molecule has 0 unspecified atom stereocenters. The van der Waals surface area contributed by atoms with E-state index in [0.717, 1.165) is 52.8 Å². The number of ether oxygens (including phenoxy) is 3. The van der Waals surface area contributed by atoms with Crippen molar-refractivity contribution in [2.75, 3.05) is 73.4 Å². The molecule has 0 radical (unpaired) electrons. The Bertz CT molecular complexity index is 4460. The Morgan fingerprint density at radius 3 is 1.00 bits per heavy atom. The number of thioether (sulfide) groups is 3. The largest absolute Gasteiger partial charge is 1.00 e. The molecule has 0 spiro atoms. The van der Waals surface area contributed by atoms with Crippen molar-refractivity contribution < 1.29 is 208 Å². The molecule has 56 heteroatoms. The zero-order valence-electron chi connectivity index (χ0n) is 68.1. The summed E-state index contributed by atoms with van der Waals surface area (Å²) < 4.78 is 62.8. The molecule has 0 aromatic carbocycles. The Kier molecular flexibility index (Phi) is 66.4. The molecule has 5 amide bonds. The molecule has 6 aromatic heterocycles. The Morgan fingerprint density at radius 1 is 0.492 bits per heavy atom. The van der Waals surface area contributed by atoms with Gasteiger partial charge in [-0.15, -0.1) is 35.3 Å². The van der Waals surface area contributed by atoms with Crippen LogP contribution in [0.5, 0.6) is 0 Å². The van der Waals surface area contributed by atoms with E-state index < -0.39 is 84.0 Å². The van der Waals surface area contributed by atoms with Crippen LogP contribution in [0.15, 0.2) is 135 Å². The number of alkyl carbamates (subject to hydrolysis) is 3. The van der Waals surface area contributed by atoms with E-state index in [9.17, 15) is 106 Å². The molecule has 120 heavy (non-hydrogen) atoms. The van der Waals surface area contributed by atoms with Gasteiger partial charge in [-0.2, -0.15) is 0 Å². The predicted octanol–water partition coefficient (Wildman–Crippen LogP) is 2.94. The fourth-order valence-electron chi connectivity index (χ4n) is 6.35. The molecule has 0 bridgehead atoms. The Morgan fingerprint density at radius 2 is 0.758 bits per heavy atom. The number of aromatic nitrogens is 6. The van der Waals surface area contributed by atoms with Gasteiger partial charge >= 0.3 is 121 Å². The number of amides is 5. The molecular weight excluding hydrogens is 1850 g/mol. The van der Waals surface area contributed by atoms with Crippen LogP contribution in [0.4, 0.5) is 48.5 Å². The summed E-state index contributed by atoms with van der Waals surface area (Å²) in [6.07, 6.45) is 5.15. The van der Waals surface area contributed by atoms with Crippen LogP contribution in [0.2, 0.25) is 0 Å². The van der Waals surface area contributed by atoms with Crippen molar-refractivity contribution >= 4 is 171 Å². The Balaban J connectivity index is -0.000000316. The van der Waals surface area contributed by atoms with Crippen molar-refractivity contribution in [2.24, 2.45) is 5.73 Å². The number of carbonyl (C=O) groups is 7. The third-order valence-corrected chi connectivity index (χ3v) is 17.7. The van der Waals surface area contributed by atoms with Crippen LogP contribution < -0.4 is 140 Å². The maximum absolute atomic E-state index is 12.0. The van der Waals surface area contributed by atoms with Gasteiger partial charge in [-0.25, -0.2) is 56.1 Å². The number of alkyl halides is 1. The molecule has 8 N–H and O–H groups in total. The zero-order chi connectivity index (χ0) is 91.0. The SMILES string of the molecule is CC(=O)Cl.CC(=O)NCCS(=O)(=O)c1ccc([N+](=O)[O-])cn1.CC(=O)NCCSc1ccc([N+](=O)[O-])cn1.CC(C)(C)OC(=O)NCCBr.CC(C)(C)OC(=O)NCCS(=O)(=O)c1ccc([N+](=O)[O-])cn1.CC(C)(C)OC(=O)NCCSc1ccc([N+](=O)[O-])cn1.NCCSc1ccc([N+](=O)[O-])cn1.O=CO[O-].O=[N+]([O-])c1ccc(=S)[nH]c1.[H-].[K+].[K+]. The molecule has 0 aliphatic rings. The minimum atomic E-state index is -3.75. The maximum Gasteiger partial charge on any atom is 1.00 e. The number of hydrogen-bond acceptors (Lipinski definition) is 38. The summed E-state index contributed by atoms with van der Waals surface area (Å²) in [6, 6.07) is 16.1. The molecule has 0 fully saturated rings. The number of nitrogens with one attached hydrogen (secondary N) is 6. The van der Waals surface area contributed by atoms with Gasteiger partial charge < -0.3 is 63.1 Å². The first kappa shape index (κ1) is 121. The van der Waals surface area contributed by atoms with Crippen molar-refractivity contribution in [3.05, 3.63) is 175 Å². The molecule has 46 nitrogen and oxygen atoms in total. The second kappa shape index (κ2) is 66.0. The number of carbonyl (C=O) groups excluding carboxylic acids is 7. The molecule has 6 rings (SSSR count). The van der Waals surface area contributed by atoms with E-state index >= 15 is 0 Å². The van der Waals surface area contributed by atoms with Crippen molar-refractivity contribution in [3.63, 3.8) is 0 Å². The van der Waals surface area contributed by atoms with Gasteiger partial charge in [-0.05, 0) is 110 Å². The molecule has 0 aliphatic heterocycles. The average Bonchev–Trinajstić information content (AvgIpc) is 0.837. The number of H-pyrrole nitrogens is 1. The molecule has 0 aliphatic carbocycles. The quantitative estimate of drug-likeness (QED) is 0.00317. The van der Waals surface area contributed by atoms with Crippen molar-refractivity contribution in [2.45, 2.75) is 125 Å². The van der Waals surface area contributed by atoms with Crippen LogP contribution in [0.25, 0.3) is 0 Å². The zero-order valence-corrected chi connectivity index (χ0v) is 80.6. The number of nitro groups is 6. The number of aromatic amines is 1. The third-order valence-electron chi connectivity index (χ3n) is 11.0. The summed E-state index contributed by atoms with van der Waals surface area (Å²) in [5.41, 5.74) is 3.09. The van der Waals surface area contributed by atoms with Crippen LogP contribution >= 0.6 is 75.0 Å². The van der Waals surface area contributed by atoms with Crippen LogP contribution in [0.1, 0.15) is 84.5 Å². The predicted molar refractivity (Wildman–Crippen MR) is 437 cm³/mol. The van der Waals surface area contributed by atoms with Gasteiger partial charge in [0.25, 0.3) is 40.6 Å². The summed E-state index contributed by atoms with van der Waals surface area (Å²) in [6.45, 7) is 21.7. The van der Waals surface area contributed by atoms with Crippen LogP contribution in [-0.2, 0) is 58.0 Å². The second-order valence-electron chi connectivity index (χ2n) is 24.3. The number of rotatable bonds is 28. The minimum Gasteiger partial charge on any atom is -1.00 e. The van der Waals surface area contributed by atoms with Crippen LogP contribution in [0.3, 0.4) is 0 Å². The van der Waals surface area contributed by atoms with Gasteiger partial charge in [0.15, 0.2) is 29.7 Å². The molecule has 654 valence electrons. The number of pyridine rings is 6. The van der Waals surface area contributed by atoms with Gasteiger partial charge in [-0.1, -0.05) is 28.1 Å². The van der Waals surface area contributed by atoms with Gasteiger partial charge in [-0.3, -0.25) is 79.9 Å². The standard InChI is InChI=1S/C12H17N3O6S.C12H17N3O4S.C9H11N3O5S.C9H11N3O3S.C7H14BrNO2.C7H9N3O2S.C5H4N2O2S.C2H3ClO.CH2O3.2K.H/c1-12(2,3)21-11(16)13-6-7-22(19,20)10-5-4-9(8-14-10)15(17)18;1-12(2,3)19-11(16)13-6-7-20-10-5-4-9(8-14-10)15(17)18;1-7(13)10-4-5-18(16,17)9-3-2-8(6-11-9)12(14)15;1-7(13)10-4-5-16-9-3-2-8(6-11-9)12(14)15;1-7(2,3)11-6(10)9-5-4-8;8-3-4-13-7-2-1-6(5-9-7)10(11)12;8-7(9)4-1-2-5(10)6-3-4;1-2(3)4;2-1-4-3;;;/h4-5,8H,6-7H2,1-3H3,(H,13,16);4-5,8H,6-7H2,1-3H3,(H,13,16);2-3,6H,4-5H2,1H3,(H,10,13);2-3,6H,4-5H2,1H3,(H,10,13);4-5H2,1-3H3,(H,9,10);1-2,5H,3-4,8H2;1-3H,(H,6,10);1H3;1,3H;;;/q;;;;;;;;;2*+1;-1/p-1. The molecule has 6 heterocycles. The van der Waals surface area contributed by atoms with E-state index in [2.05, 4.69) is 101 Å². The topological polar surface area (TPSA) is 673 Å². The van der Waals surface area contributed by atoms with E-state index in [-0.39, 0.29) is 197 Å². The van der Waals surface area contributed by atoms with E-state index in [1.54, 1.807) is 59.7 Å². The van der Waals surface area contributed by atoms with Gasteiger partial charge in [0.2, 0.25) is 17.1 Å². The summed E-state index contributed by atoms with van der Waals surface area (Å²) in [4.78, 5) is 155. The van der Waals surface area contributed by atoms with E-state index in [1.165, 1.54) is 111 Å². The second-order valence-corrected chi connectivity index (χ2v) is 33.5. The molecule has 0 atom stereocenters. The smallest absolute Gasteiger partial charge is 1.00 e. The molecule has 0 saturated heterocycles. The first-order chi connectivity index (χ1) is 54.7. The fraction of sp³-hybridized carbons (Fsp3) is 0.422. The van der Waals surface area contributed by atoms with E-state index in [4.69, 9.17) is 30.0 Å². The van der Waals surface area contributed by atoms with Gasteiger partial charge in [0.1, 0.15) is 52.4 Å².